The molecule has 0 saturated carbocycles. The molecule has 3 aromatic carbocycles. The van der Waals surface area contributed by atoms with E-state index in [0.29, 0.717) is 23.7 Å². The van der Waals surface area contributed by atoms with Gasteiger partial charge in [-0.15, -0.1) is 0 Å². The number of imidazole rings is 1. The maximum atomic E-state index is 12.8. The molecule has 4 rings (SSSR count). The summed E-state index contributed by atoms with van der Waals surface area (Å²) in [6.07, 6.45) is 0. The molecule has 0 radical (unpaired) electrons. The van der Waals surface area contributed by atoms with Gasteiger partial charge in [-0.2, -0.15) is 0 Å². The van der Waals surface area contributed by atoms with Crippen LogP contribution in [0.5, 0.6) is 5.75 Å². The summed E-state index contributed by atoms with van der Waals surface area (Å²) in [7, 11) is 0. The number of aromatic nitrogens is 2. The summed E-state index contributed by atoms with van der Waals surface area (Å²) in [6, 6.07) is 22.3. The van der Waals surface area contributed by atoms with Gasteiger partial charge in [-0.05, 0) is 61.9 Å². The number of ether oxygens (including phenoxy) is 1. The van der Waals surface area contributed by atoms with Gasteiger partial charge in [0.05, 0.1) is 24.2 Å². The number of anilines is 1. The van der Waals surface area contributed by atoms with Crippen LogP contribution in [0.25, 0.3) is 11.0 Å². The maximum Gasteiger partial charge on any atom is 0.251 e. The number of para-hydroxylation sites is 2. The number of hydrogen-bond donors (Lipinski definition) is 2. The van der Waals surface area contributed by atoms with E-state index in [2.05, 4.69) is 15.6 Å². The Morgan fingerprint density at radius 3 is 2.45 bits per heavy atom. The van der Waals surface area contributed by atoms with Gasteiger partial charge in [0, 0.05) is 11.3 Å². The largest absolute Gasteiger partial charge is 0.494 e. The van der Waals surface area contributed by atoms with Crippen molar-refractivity contribution in [2.24, 2.45) is 0 Å². The number of rotatable bonds is 8. The van der Waals surface area contributed by atoms with E-state index in [1.54, 1.807) is 18.2 Å². The molecule has 0 aliphatic rings. The fourth-order valence-corrected chi connectivity index (χ4v) is 3.66. The molecule has 0 aliphatic heterocycles. The first-order chi connectivity index (χ1) is 16.0. The molecule has 7 nitrogen and oxygen atoms in total. The number of nitrogens with zero attached hydrogens (tertiary/aromatic N) is 2. The highest BCUT2D eigenvalue weighted by molar-refractivity contribution is 5.95. The summed E-state index contributed by atoms with van der Waals surface area (Å²) in [5.41, 5.74) is 3.81. The zero-order chi connectivity index (χ0) is 23.2. The first-order valence-electron chi connectivity index (χ1n) is 10.9. The molecule has 7 heteroatoms. The van der Waals surface area contributed by atoms with E-state index in [0.717, 1.165) is 22.3 Å². The van der Waals surface area contributed by atoms with Gasteiger partial charge < -0.3 is 19.9 Å². The van der Waals surface area contributed by atoms with Crippen LogP contribution in [0.4, 0.5) is 5.69 Å². The normalized spacial score (nSPS) is 10.7. The van der Waals surface area contributed by atoms with Gasteiger partial charge in [0.25, 0.3) is 5.91 Å². The monoisotopic (exact) mass is 442 g/mol. The Morgan fingerprint density at radius 1 is 0.970 bits per heavy atom. The molecule has 4 aromatic rings. The minimum atomic E-state index is -0.186. The zero-order valence-corrected chi connectivity index (χ0v) is 18.7. The zero-order valence-electron chi connectivity index (χ0n) is 18.7. The van der Waals surface area contributed by atoms with E-state index < -0.39 is 0 Å². The highest BCUT2D eigenvalue weighted by Crippen LogP contribution is 2.18. The number of nitrogens with one attached hydrogen (secondary N) is 2. The summed E-state index contributed by atoms with van der Waals surface area (Å²) >= 11 is 0. The highest BCUT2D eigenvalue weighted by atomic mass is 16.5. The molecule has 1 aromatic heterocycles. The second kappa shape index (κ2) is 9.99. The molecule has 0 fully saturated rings. The van der Waals surface area contributed by atoms with Crippen molar-refractivity contribution in [2.75, 3.05) is 11.9 Å². The third-order valence-corrected chi connectivity index (χ3v) is 5.28. The number of fused-ring (bicyclic) bond motifs is 1. The Labute approximate surface area is 192 Å². The molecular weight excluding hydrogens is 416 g/mol. The van der Waals surface area contributed by atoms with Crippen LogP contribution in [0, 0.1) is 6.92 Å². The Morgan fingerprint density at radius 2 is 1.70 bits per heavy atom. The molecule has 2 N–H and O–H groups in total. The Bertz CT molecular complexity index is 1280. The van der Waals surface area contributed by atoms with Crippen LogP contribution in [-0.4, -0.2) is 28.0 Å². The first-order valence-corrected chi connectivity index (χ1v) is 10.9. The molecule has 0 aliphatic carbocycles. The summed E-state index contributed by atoms with van der Waals surface area (Å²) < 4.78 is 7.27. The molecule has 2 amide bonds. The van der Waals surface area contributed by atoms with Crippen molar-refractivity contribution in [3.05, 3.63) is 89.7 Å². The lowest BCUT2D eigenvalue weighted by Gasteiger charge is -2.12. The Hall–Kier alpha value is -4.13. The van der Waals surface area contributed by atoms with Gasteiger partial charge in [-0.3, -0.25) is 9.59 Å². The van der Waals surface area contributed by atoms with Gasteiger partial charge >= 0.3 is 0 Å². The van der Waals surface area contributed by atoms with E-state index in [4.69, 9.17) is 4.74 Å². The summed E-state index contributed by atoms with van der Waals surface area (Å²) in [5, 5.41) is 5.84. The SMILES string of the molecule is CCOc1ccc(NC(=O)Cn2c(CNC(=O)c3ccccc3C)nc3ccccc32)cc1. The van der Waals surface area contributed by atoms with Crippen LogP contribution in [-0.2, 0) is 17.9 Å². The van der Waals surface area contributed by atoms with Crippen LogP contribution < -0.4 is 15.4 Å². The molecule has 0 spiro atoms. The van der Waals surface area contributed by atoms with Crippen LogP contribution >= 0.6 is 0 Å². The van der Waals surface area contributed by atoms with Crippen molar-refractivity contribution in [2.45, 2.75) is 26.9 Å². The van der Waals surface area contributed by atoms with Crippen LogP contribution in [0.1, 0.15) is 28.7 Å². The fraction of sp³-hybridized carbons (Fsp3) is 0.192. The average Bonchev–Trinajstić information content (AvgIpc) is 3.16. The van der Waals surface area contributed by atoms with E-state index in [-0.39, 0.29) is 24.9 Å². The number of amides is 2. The first kappa shape index (κ1) is 22.1. The van der Waals surface area contributed by atoms with Crippen LogP contribution in [0.2, 0.25) is 0 Å². The van der Waals surface area contributed by atoms with Crippen LogP contribution in [0.15, 0.2) is 72.8 Å². The Kier molecular flexibility index (Phi) is 6.69. The molecule has 1 heterocycles. The highest BCUT2D eigenvalue weighted by Gasteiger charge is 2.16. The van der Waals surface area contributed by atoms with Gasteiger partial charge in [0.15, 0.2) is 0 Å². The smallest absolute Gasteiger partial charge is 0.251 e. The van der Waals surface area contributed by atoms with Crippen LogP contribution in [0.3, 0.4) is 0 Å². The van der Waals surface area contributed by atoms with Gasteiger partial charge in [-0.1, -0.05) is 30.3 Å². The Balaban J connectivity index is 1.50. The second-order valence-corrected chi connectivity index (χ2v) is 7.61. The van der Waals surface area contributed by atoms with Gasteiger partial charge in [0.2, 0.25) is 5.91 Å². The lowest BCUT2D eigenvalue weighted by Crippen LogP contribution is -2.27. The molecule has 33 heavy (non-hydrogen) atoms. The number of carbonyl (C=O) groups is 2. The van der Waals surface area contributed by atoms with Gasteiger partial charge in [0.1, 0.15) is 18.1 Å². The molecule has 0 saturated heterocycles. The van der Waals surface area contributed by atoms with E-state index in [1.807, 2.05) is 73.0 Å². The number of hydrogen-bond acceptors (Lipinski definition) is 4. The van der Waals surface area contributed by atoms with Crippen molar-refractivity contribution >= 4 is 28.5 Å². The molecule has 0 atom stereocenters. The van der Waals surface area contributed by atoms with Crippen molar-refractivity contribution in [1.29, 1.82) is 0 Å². The predicted octanol–water partition coefficient (Wildman–Crippen LogP) is 4.31. The van der Waals surface area contributed by atoms with E-state index in [1.165, 1.54) is 0 Å². The van der Waals surface area contributed by atoms with Crippen molar-refractivity contribution in [1.82, 2.24) is 14.9 Å². The minimum absolute atomic E-state index is 0.0727. The minimum Gasteiger partial charge on any atom is -0.494 e. The van der Waals surface area contributed by atoms with Gasteiger partial charge in [-0.25, -0.2) is 4.98 Å². The number of benzene rings is 3. The van der Waals surface area contributed by atoms with E-state index in [9.17, 15) is 9.59 Å². The summed E-state index contributed by atoms with van der Waals surface area (Å²) in [5.74, 6) is 1.00. The second-order valence-electron chi connectivity index (χ2n) is 7.61. The molecule has 168 valence electrons. The lowest BCUT2D eigenvalue weighted by atomic mass is 10.1. The standard InChI is InChI=1S/C26H26N4O3/c1-3-33-20-14-12-19(13-15-20)28-25(31)17-30-23-11-7-6-10-22(23)29-24(30)16-27-26(32)21-9-5-4-8-18(21)2/h4-15H,3,16-17H2,1-2H3,(H,27,32)(H,28,31). The summed E-state index contributed by atoms with van der Waals surface area (Å²) in [4.78, 5) is 30.1. The topological polar surface area (TPSA) is 85.2 Å². The third kappa shape index (κ3) is 5.20. The van der Waals surface area contributed by atoms with E-state index >= 15 is 0 Å². The van der Waals surface area contributed by atoms with Crippen molar-refractivity contribution in [3.63, 3.8) is 0 Å². The van der Waals surface area contributed by atoms with Crippen molar-refractivity contribution in [3.8, 4) is 5.75 Å². The third-order valence-electron chi connectivity index (χ3n) is 5.28. The van der Waals surface area contributed by atoms with Crippen molar-refractivity contribution < 1.29 is 14.3 Å². The number of aryl methyl sites for hydroxylation is 1. The fourth-order valence-electron chi connectivity index (χ4n) is 3.66. The summed E-state index contributed by atoms with van der Waals surface area (Å²) in [6.45, 7) is 4.69. The predicted molar refractivity (Wildman–Crippen MR) is 128 cm³/mol. The molecular formula is C26H26N4O3. The number of carbonyl (C=O) groups excluding carboxylic acids is 2. The molecule has 0 unspecified atom stereocenters. The average molecular weight is 443 g/mol. The maximum absolute atomic E-state index is 12.8. The quantitative estimate of drug-likeness (QED) is 0.426. The molecule has 0 bridgehead atoms. The lowest BCUT2D eigenvalue weighted by molar-refractivity contribution is -0.116.